The molecule has 4 aromatic rings. The lowest BCUT2D eigenvalue weighted by molar-refractivity contribution is -0.141. The number of hydrogen-bond donors (Lipinski definition) is 5. The first-order valence-corrected chi connectivity index (χ1v) is 21.8. The Kier molecular flexibility index (Phi) is 11.9. The summed E-state index contributed by atoms with van der Waals surface area (Å²) in [4.78, 5) is 75.8. The summed E-state index contributed by atoms with van der Waals surface area (Å²) in [6, 6.07) is 8.26. The lowest BCUT2D eigenvalue weighted by Gasteiger charge is -2.36. The Bertz CT molecular complexity index is 2430. The SMILES string of the molecule is CC(C)(O)c1cc2nc([C@H]3CC[C@H](CN4CCC(CCNc5c(O)ccc6c5C(=O)N(C5CCC(=O)NC5=O)C6=O)CC4)CC3)sc2cc1NC(=O)c1cccc(C(F)(F)F)n1. The Balaban J connectivity index is 0.819. The van der Waals surface area contributed by atoms with Gasteiger partial charge in [-0.05, 0) is 127 Å². The molecule has 4 aliphatic rings. The third-order valence-corrected chi connectivity index (χ3v) is 13.8. The first-order chi connectivity index (χ1) is 29.4. The van der Waals surface area contributed by atoms with Gasteiger partial charge in [0.15, 0.2) is 0 Å². The van der Waals surface area contributed by atoms with Crippen LogP contribution in [0, 0.1) is 11.8 Å². The van der Waals surface area contributed by atoms with Crippen LogP contribution in [0.5, 0.6) is 5.75 Å². The summed E-state index contributed by atoms with van der Waals surface area (Å²) < 4.78 is 40.6. The number of nitrogens with zero attached hydrogens (tertiary/aromatic N) is 4. The molecule has 3 aliphatic heterocycles. The van der Waals surface area contributed by atoms with Gasteiger partial charge in [-0.2, -0.15) is 13.2 Å². The fraction of sp³-hybridized carbons (Fsp3) is 0.477. The monoisotopic (exact) mass is 875 g/mol. The highest BCUT2D eigenvalue weighted by molar-refractivity contribution is 7.18. The molecule has 0 radical (unpaired) electrons. The van der Waals surface area contributed by atoms with E-state index in [2.05, 4.69) is 25.8 Å². The number of aromatic nitrogens is 2. The number of fused-ring (bicyclic) bond motifs is 2. The molecule has 1 aliphatic carbocycles. The number of anilines is 2. The van der Waals surface area contributed by atoms with Crippen molar-refractivity contribution in [1.29, 1.82) is 0 Å². The van der Waals surface area contributed by atoms with Crippen LogP contribution in [0.25, 0.3) is 10.2 Å². The van der Waals surface area contributed by atoms with Gasteiger partial charge in [-0.3, -0.25) is 34.2 Å². The predicted molar refractivity (Wildman–Crippen MR) is 224 cm³/mol. The fourth-order valence-corrected chi connectivity index (χ4v) is 10.4. The third-order valence-electron chi connectivity index (χ3n) is 12.6. The molecule has 18 heteroatoms. The van der Waals surface area contributed by atoms with Crippen molar-refractivity contribution in [2.75, 3.05) is 36.8 Å². The molecule has 8 rings (SSSR count). The van der Waals surface area contributed by atoms with E-state index in [1.54, 1.807) is 26.0 Å². The van der Waals surface area contributed by atoms with Crippen molar-refractivity contribution in [2.45, 2.75) is 95.4 Å². The lowest BCUT2D eigenvalue weighted by Crippen LogP contribution is -2.54. The van der Waals surface area contributed by atoms with Gasteiger partial charge >= 0.3 is 6.18 Å². The van der Waals surface area contributed by atoms with E-state index in [1.165, 1.54) is 29.5 Å². The molecule has 2 aromatic carbocycles. The minimum atomic E-state index is -4.70. The average Bonchev–Trinajstić information content (AvgIpc) is 3.75. The van der Waals surface area contributed by atoms with Crippen LogP contribution in [0.15, 0.2) is 42.5 Å². The second kappa shape index (κ2) is 17.0. The number of likely N-dealkylation sites (tertiary alicyclic amines) is 1. The molecule has 5 amide bonds. The molecular formula is C44H48F3N7O7S. The number of aliphatic hydroxyl groups is 1. The van der Waals surface area contributed by atoms with Gasteiger partial charge in [-0.25, -0.2) is 9.97 Å². The summed E-state index contributed by atoms with van der Waals surface area (Å²) in [5.74, 6) is -2.16. The number of alkyl halides is 3. The van der Waals surface area contributed by atoms with Crippen LogP contribution in [0.3, 0.4) is 0 Å². The standard InChI is InChI=1S/C44H48F3N7O7S/c1-43(2,61)27-20-30-33(21-29(27)50-38(57)28-4-3-5-34(49-28)44(45,46)47)62-40(51-30)25-8-6-24(7-9-25)22-53-18-15-23(16-19-53)14-17-48-37-32(55)12-10-26-36(37)42(60)54(41(26)59)31-11-13-35(56)52-39(31)58/h3-5,10,12,20-21,23-25,31,48,55,61H,6-9,11,13-19,22H2,1-2H3,(H,50,57)(H,52,56,58)/t24-,25-,31?. The Morgan fingerprint density at radius 2 is 1.68 bits per heavy atom. The van der Waals surface area contributed by atoms with Crippen LogP contribution in [0.4, 0.5) is 24.5 Å². The first-order valence-electron chi connectivity index (χ1n) is 21.0. The number of rotatable bonds is 11. The minimum absolute atomic E-state index is 0.0206. The van der Waals surface area contributed by atoms with Crippen molar-refractivity contribution >= 4 is 62.5 Å². The maximum Gasteiger partial charge on any atom is 0.433 e. The van der Waals surface area contributed by atoms with E-state index >= 15 is 0 Å². The van der Waals surface area contributed by atoms with Crippen molar-refractivity contribution in [3.8, 4) is 5.75 Å². The van der Waals surface area contributed by atoms with Crippen LogP contribution in [0.2, 0.25) is 0 Å². The molecule has 328 valence electrons. The number of piperidine rings is 2. The third kappa shape index (κ3) is 8.90. The lowest BCUT2D eigenvalue weighted by atomic mass is 9.81. The maximum absolute atomic E-state index is 13.5. The van der Waals surface area contributed by atoms with Gasteiger partial charge in [0.1, 0.15) is 23.2 Å². The molecule has 2 saturated heterocycles. The zero-order valence-electron chi connectivity index (χ0n) is 34.3. The van der Waals surface area contributed by atoms with E-state index in [0.29, 0.717) is 29.5 Å². The second-order valence-corrected chi connectivity index (χ2v) is 18.4. The van der Waals surface area contributed by atoms with Crippen molar-refractivity contribution in [1.82, 2.24) is 25.1 Å². The summed E-state index contributed by atoms with van der Waals surface area (Å²) >= 11 is 1.52. The van der Waals surface area contributed by atoms with Crippen LogP contribution >= 0.6 is 11.3 Å². The summed E-state index contributed by atoms with van der Waals surface area (Å²) in [6.45, 7) is 6.57. The fourth-order valence-electron chi connectivity index (χ4n) is 9.22. The van der Waals surface area contributed by atoms with E-state index in [9.17, 15) is 47.4 Å². The smallest absolute Gasteiger partial charge is 0.433 e. The molecule has 1 unspecified atom stereocenters. The number of amides is 5. The number of benzene rings is 2. The molecule has 3 fully saturated rings. The summed E-state index contributed by atoms with van der Waals surface area (Å²) in [7, 11) is 0. The highest BCUT2D eigenvalue weighted by atomic mass is 32.1. The van der Waals surface area contributed by atoms with Crippen molar-refractivity contribution in [3.05, 3.63) is 75.6 Å². The van der Waals surface area contributed by atoms with Crippen molar-refractivity contribution in [3.63, 3.8) is 0 Å². The Hall–Kier alpha value is -5.46. The number of aromatic hydroxyl groups is 1. The molecular weight excluding hydrogens is 828 g/mol. The molecule has 5 N–H and O–H groups in total. The quantitative estimate of drug-likeness (QED) is 0.0788. The molecule has 5 heterocycles. The number of phenols is 1. The van der Waals surface area contributed by atoms with Crippen LogP contribution in [-0.2, 0) is 21.4 Å². The van der Waals surface area contributed by atoms with Crippen molar-refractivity contribution in [2.24, 2.45) is 11.8 Å². The number of carbonyl (C=O) groups excluding carboxylic acids is 5. The molecule has 1 atom stereocenters. The molecule has 14 nitrogen and oxygen atoms in total. The van der Waals surface area contributed by atoms with Gasteiger partial charge in [0.05, 0.1) is 37.6 Å². The predicted octanol–water partition coefficient (Wildman–Crippen LogP) is 6.78. The first kappa shape index (κ1) is 43.2. The number of halogens is 3. The zero-order chi connectivity index (χ0) is 44.1. The molecule has 1 saturated carbocycles. The number of thiazole rings is 1. The molecule has 62 heavy (non-hydrogen) atoms. The topological polar surface area (TPSA) is 194 Å². The summed E-state index contributed by atoms with van der Waals surface area (Å²) in [5.41, 5.74) is -1.26. The second-order valence-electron chi connectivity index (χ2n) is 17.3. The van der Waals surface area contributed by atoms with E-state index < -0.39 is 58.7 Å². The molecule has 0 bridgehead atoms. The molecule has 2 aromatic heterocycles. The van der Waals surface area contributed by atoms with Gasteiger partial charge in [0.2, 0.25) is 11.8 Å². The Morgan fingerprint density at radius 3 is 2.37 bits per heavy atom. The average molecular weight is 876 g/mol. The largest absolute Gasteiger partial charge is 0.506 e. The van der Waals surface area contributed by atoms with E-state index in [0.717, 1.165) is 91.3 Å². The van der Waals surface area contributed by atoms with E-state index in [1.807, 2.05) is 0 Å². The molecule has 0 spiro atoms. The van der Waals surface area contributed by atoms with Gasteiger partial charge in [0.25, 0.3) is 17.7 Å². The normalized spacial score (nSPS) is 21.6. The number of pyridine rings is 1. The Labute approximate surface area is 359 Å². The number of imide groups is 2. The number of hydrogen-bond acceptors (Lipinski definition) is 12. The van der Waals surface area contributed by atoms with E-state index in [4.69, 9.17) is 4.98 Å². The highest BCUT2D eigenvalue weighted by Gasteiger charge is 2.46. The van der Waals surface area contributed by atoms with Gasteiger partial charge in [0, 0.05) is 36.7 Å². The highest BCUT2D eigenvalue weighted by Crippen LogP contribution is 2.42. The summed E-state index contributed by atoms with van der Waals surface area (Å²) in [6.07, 6.45) is 2.25. The van der Waals surface area contributed by atoms with Crippen LogP contribution < -0.4 is 16.0 Å². The number of carbonyl (C=O) groups is 5. The van der Waals surface area contributed by atoms with Crippen molar-refractivity contribution < 1.29 is 47.4 Å². The maximum atomic E-state index is 13.5. The van der Waals surface area contributed by atoms with Gasteiger partial charge < -0.3 is 25.7 Å². The van der Waals surface area contributed by atoms with Crippen LogP contribution in [0.1, 0.15) is 125 Å². The zero-order valence-corrected chi connectivity index (χ0v) is 35.1. The van der Waals surface area contributed by atoms with E-state index in [-0.39, 0.29) is 47.0 Å². The number of nitrogens with one attached hydrogen (secondary N) is 3. The van der Waals surface area contributed by atoms with Crippen LogP contribution in [-0.4, -0.2) is 91.7 Å². The van der Waals surface area contributed by atoms with Gasteiger partial charge in [-0.15, -0.1) is 11.3 Å². The number of phenolic OH excluding ortho intramolecular Hbond substituents is 1. The summed E-state index contributed by atoms with van der Waals surface area (Å²) in [5, 5.41) is 30.8. The van der Waals surface area contributed by atoms with Gasteiger partial charge in [-0.1, -0.05) is 6.07 Å². The minimum Gasteiger partial charge on any atom is -0.506 e. The Morgan fingerprint density at radius 1 is 0.935 bits per heavy atom.